The molecule has 0 saturated heterocycles. The zero-order valence-electron chi connectivity index (χ0n) is 7.47. The van der Waals surface area contributed by atoms with Crippen LogP contribution in [0.15, 0.2) is 10.8 Å². The number of thiophene rings is 1. The lowest BCUT2D eigenvalue weighted by atomic mass is 10.0. The van der Waals surface area contributed by atoms with Gasteiger partial charge < -0.3 is 15.3 Å². The SMILES string of the molecule is Cc1cscc1C(O)C(O)CCO. The summed E-state index contributed by atoms with van der Waals surface area (Å²) in [5.74, 6) is 0. The summed E-state index contributed by atoms with van der Waals surface area (Å²) < 4.78 is 0. The van der Waals surface area contributed by atoms with Gasteiger partial charge in [0, 0.05) is 6.61 Å². The quantitative estimate of drug-likeness (QED) is 0.678. The van der Waals surface area contributed by atoms with Crippen LogP contribution in [0.2, 0.25) is 0 Å². The summed E-state index contributed by atoms with van der Waals surface area (Å²) in [4.78, 5) is 0. The lowest BCUT2D eigenvalue weighted by molar-refractivity contribution is 0.00412. The fourth-order valence-electron chi connectivity index (χ4n) is 1.17. The van der Waals surface area contributed by atoms with E-state index in [0.717, 1.165) is 11.1 Å². The van der Waals surface area contributed by atoms with Crippen LogP contribution in [-0.4, -0.2) is 28.0 Å². The maximum absolute atomic E-state index is 9.64. The van der Waals surface area contributed by atoms with Crippen molar-refractivity contribution < 1.29 is 15.3 Å². The minimum Gasteiger partial charge on any atom is -0.396 e. The summed E-state index contributed by atoms with van der Waals surface area (Å²) >= 11 is 1.50. The molecule has 0 aliphatic rings. The molecule has 74 valence electrons. The van der Waals surface area contributed by atoms with Gasteiger partial charge in [-0.3, -0.25) is 0 Å². The van der Waals surface area contributed by atoms with E-state index in [0.29, 0.717) is 0 Å². The lowest BCUT2D eigenvalue weighted by Gasteiger charge is -2.16. The molecule has 0 amide bonds. The van der Waals surface area contributed by atoms with E-state index in [4.69, 9.17) is 5.11 Å². The Kier molecular flexibility index (Phi) is 3.87. The second-order valence-corrected chi connectivity index (χ2v) is 3.78. The van der Waals surface area contributed by atoms with Gasteiger partial charge in [-0.1, -0.05) is 0 Å². The van der Waals surface area contributed by atoms with Crippen molar-refractivity contribution in [2.75, 3.05) is 6.61 Å². The third-order valence-corrected chi connectivity index (χ3v) is 2.88. The molecule has 0 radical (unpaired) electrons. The Hall–Kier alpha value is -0.420. The van der Waals surface area contributed by atoms with E-state index < -0.39 is 12.2 Å². The van der Waals surface area contributed by atoms with Crippen molar-refractivity contribution in [3.63, 3.8) is 0 Å². The highest BCUT2D eigenvalue weighted by molar-refractivity contribution is 7.08. The normalized spacial score (nSPS) is 15.7. The highest BCUT2D eigenvalue weighted by Gasteiger charge is 2.19. The molecule has 4 heteroatoms. The van der Waals surface area contributed by atoms with Crippen LogP contribution in [0.1, 0.15) is 23.7 Å². The summed E-state index contributed by atoms with van der Waals surface area (Å²) in [6.07, 6.45) is -1.55. The summed E-state index contributed by atoms with van der Waals surface area (Å²) in [7, 11) is 0. The first kappa shape index (κ1) is 10.7. The summed E-state index contributed by atoms with van der Waals surface area (Å²) in [5, 5.41) is 31.4. The fourth-order valence-corrected chi connectivity index (χ4v) is 2.05. The Morgan fingerprint density at radius 3 is 2.54 bits per heavy atom. The zero-order chi connectivity index (χ0) is 9.84. The molecule has 0 fully saturated rings. The van der Waals surface area contributed by atoms with Crippen LogP contribution in [0.3, 0.4) is 0 Å². The summed E-state index contributed by atoms with van der Waals surface area (Å²) in [5.41, 5.74) is 1.74. The van der Waals surface area contributed by atoms with Crippen molar-refractivity contribution in [3.05, 3.63) is 21.9 Å². The number of rotatable bonds is 4. The van der Waals surface area contributed by atoms with Crippen LogP contribution in [-0.2, 0) is 0 Å². The first-order chi connectivity index (χ1) is 6.16. The zero-order valence-corrected chi connectivity index (χ0v) is 8.29. The van der Waals surface area contributed by atoms with E-state index in [1.54, 1.807) is 0 Å². The highest BCUT2D eigenvalue weighted by atomic mass is 32.1. The lowest BCUT2D eigenvalue weighted by Crippen LogP contribution is -2.19. The second kappa shape index (κ2) is 4.72. The third-order valence-electron chi connectivity index (χ3n) is 2.00. The van der Waals surface area contributed by atoms with E-state index in [9.17, 15) is 10.2 Å². The molecule has 0 bridgehead atoms. The van der Waals surface area contributed by atoms with Crippen molar-refractivity contribution >= 4 is 11.3 Å². The van der Waals surface area contributed by atoms with Crippen LogP contribution in [0.25, 0.3) is 0 Å². The largest absolute Gasteiger partial charge is 0.396 e. The van der Waals surface area contributed by atoms with Gasteiger partial charge in [0.2, 0.25) is 0 Å². The number of aliphatic hydroxyl groups excluding tert-OH is 3. The first-order valence-corrected chi connectivity index (χ1v) is 5.10. The molecule has 1 aromatic heterocycles. The molecule has 3 nitrogen and oxygen atoms in total. The van der Waals surface area contributed by atoms with E-state index >= 15 is 0 Å². The molecule has 2 unspecified atom stereocenters. The average molecular weight is 202 g/mol. The van der Waals surface area contributed by atoms with Crippen LogP contribution in [0.4, 0.5) is 0 Å². The Bertz CT molecular complexity index is 259. The predicted octanol–water partition coefficient (Wildman–Crippen LogP) is 0.833. The van der Waals surface area contributed by atoms with Crippen molar-refractivity contribution in [3.8, 4) is 0 Å². The number of hydrogen-bond acceptors (Lipinski definition) is 4. The molecule has 3 N–H and O–H groups in total. The number of hydrogen-bond donors (Lipinski definition) is 3. The van der Waals surface area contributed by atoms with Gasteiger partial charge in [-0.05, 0) is 35.2 Å². The molecule has 1 heterocycles. The Morgan fingerprint density at radius 2 is 2.08 bits per heavy atom. The molecular weight excluding hydrogens is 188 g/mol. The number of aliphatic hydroxyl groups is 3. The second-order valence-electron chi connectivity index (χ2n) is 3.03. The molecule has 0 spiro atoms. The van der Waals surface area contributed by atoms with Gasteiger partial charge in [0.05, 0.1) is 6.10 Å². The van der Waals surface area contributed by atoms with Gasteiger partial charge in [0.25, 0.3) is 0 Å². The molecule has 0 aromatic carbocycles. The minimum atomic E-state index is -0.877. The van der Waals surface area contributed by atoms with Gasteiger partial charge >= 0.3 is 0 Å². The van der Waals surface area contributed by atoms with Gasteiger partial charge in [-0.25, -0.2) is 0 Å². The van der Waals surface area contributed by atoms with E-state index in [1.807, 2.05) is 17.7 Å². The van der Waals surface area contributed by atoms with Gasteiger partial charge in [0.15, 0.2) is 0 Å². The molecule has 1 rings (SSSR count). The smallest absolute Gasteiger partial charge is 0.106 e. The Labute approximate surface area is 81.3 Å². The molecule has 0 aliphatic heterocycles. The molecule has 0 aliphatic carbocycles. The highest BCUT2D eigenvalue weighted by Crippen LogP contribution is 2.25. The van der Waals surface area contributed by atoms with Crippen LogP contribution in [0, 0.1) is 6.92 Å². The van der Waals surface area contributed by atoms with Gasteiger partial charge in [-0.2, -0.15) is 11.3 Å². The summed E-state index contributed by atoms with van der Waals surface area (Å²) in [6.45, 7) is 1.78. The average Bonchev–Trinajstić information content (AvgIpc) is 2.50. The topological polar surface area (TPSA) is 60.7 Å². The first-order valence-electron chi connectivity index (χ1n) is 4.16. The fraction of sp³-hybridized carbons (Fsp3) is 0.556. The van der Waals surface area contributed by atoms with E-state index in [-0.39, 0.29) is 13.0 Å². The molecule has 1 aromatic rings. The van der Waals surface area contributed by atoms with E-state index in [2.05, 4.69) is 0 Å². The number of aryl methyl sites for hydroxylation is 1. The minimum absolute atomic E-state index is 0.110. The van der Waals surface area contributed by atoms with Gasteiger partial charge in [-0.15, -0.1) is 0 Å². The van der Waals surface area contributed by atoms with E-state index in [1.165, 1.54) is 11.3 Å². The third kappa shape index (κ3) is 2.51. The standard InChI is InChI=1S/C9H14O3S/c1-6-4-13-5-7(6)9(12)8(11)2-3-10/h4-5,8-12H,2-3H2,1H3. The van der Waals surface area contributed by atoms with Crippen molar-refractivity contribution in [2.45, 2.75) is 25.6 Å². The summed E-state index contributed by atoms with van der Waals surface area (Å²) in [6, 6.07) is 0. The van der Waals surface area contributed by atoms with Crippen molar-refractivity contribution in [1.82, 2.24) is 0 Å². The molecule has 0 saturated carbocycles. The Morgan fingerprint density at radius 1 is 1.38 bits per heavy atom. The van der Waals surface area contributed by atoms with Crippen molar-refractivity contribution in [2.24, 2.45) is 0 Å². The maximum Gasteiger partial charge on any atom is 0.106 e. The predicted molar refractivity (Wildman–Crippen MR) is 51.7 cm³/mol. The molecular formula is C9H14O3S. The monoisotopic (exact) mass is 202 g/mol. The Balaban J connectivity index is 2.67. The maximum atomic E-state index is 9.64. The van der Waals surface area contributed by atoms with Gasteiger partial charge in [0.1, 0.15) is 6.10 Å². The van der Waals surface area contributed by atoms with Crippen LogP contribution in [0.5, 0.6) is 0 Å². The van der Waals surface area contributed by atoms with Crippen molar-refractivity contribution in [1.29, 1.82) is 0 Å². The molecule has 2 atom stereocenters. The van der Waals surface area contributed by atoms with Crippen LogP contribution < -0.4 is 0 Å². The molecule has 13 heavy (non-hydrogen) atoms. The van der Waals surface area contributed by atoms with Crippen LogP contribution >= 0.6 is 11.3 Å².